The van der Waals surface area contributed by atoms with Crippen LogP contribution in [0.25, 0.3) is 11.0 Å². The van der Waals surface area contributed by atoms with Crippen molar-refractivity contribution in [2.45, 2.75) is 46.6 Å². The number of rotatable bonds is 5. The molecule has 6 nitrogen and oxygen atoms in total. The Morgan fingerprint density at radius 1 is 1.23 bits per heavy atom. The van der Waals surface area contributed by atoms with E-state index < -0.39 is 9.84 Å². The minimum atomic E-state index is -2.96. The Labute approximate surface area is 131 Å². The van der Waals surface area contributed by atoms with Gasteiger partial charge in [0.05, 0.1) is 11.3 Å². The average molecular weight is 324 g/mol. The first-order chi connectivity index (χ1) is 10.1. The first-order valence-electron chi connectivity index (χ1n) is 7.42. The predicted octanol–water partition coefficient (Wildman–Crippen LogP) is 2.19. The van der Waals surface area contributed by atoms with Crippen molar-refractivity contribution < 1.29 is 8.42 Å². The standard InChI is InChI=1S/C15H24N4O2S/c1-9(2)15-18-12-13(10(3)11(4)17-14(12)16)19(15)7-6-8-22(5,20)21/h9H,6-8H2,1-5H3,(H2,16,17). The highest BCUT2D eigenvalue weighted by Gasteiger charge is 2.19. The Balaban J connectivity index is 2.56. The predicted molar refractivity (Wildman–Crippen MR) is 89.8 cm³/mol. The summed E-state index contributed by atoms with van der Waals surface area (Å²) in [6.07, 6.45) is 1.82. The quantitative estimate of drug-likeness (QED) is 0.910. The maximum Gasteiger partial charge on any atom is 0.151 e. The molecule has 0 aromatic carbocycles. The van der Waals surface area contributed by atoms with E-state index in [0.717, 1.165) is 22.6 Å². The molecule has 7 heteroatoms. The molecular weight excluding hydrogens is 300 g/mol. The van der Waals surface area contributed by atoms with Crippen LogP contribution in [0.15, 0.2) is 0 Å². The highest BCUT2D eigenvalue weighted by molar-refractivity contribution is 7.90. The smallest absolute Gasteiger partial charge is 0.151 e. The van der Waals surface area contributed by atoms with Gasteiger partial charge in [0.25, 0.3) is 0 Å². The van der Waals surface area contributed by atoms with Crippen LogP contribution in [0.1, 0.15) is 43.3 Å². The molecule has 0 amide bonds. The molecule has 0 aliphatic carbocycles. The number of anilines is 1. The summed E-state index contributed by atoms with van der Waals surface area (Å²) in [5.41, 5.74) is 9.64. The second kappa shape index (κ2) is 5.87. The molecule has 2 rings (SSSR count). The molecule has 0 bridgehead atoms. The molecule has 0 aliphatic rings. The van der Waals surface area contributed by atoms with E-state index in [1.807, 2.05) is 13.8 Å². The van der Waals surface area contributed by atoms with Crippen molar-refractivity contribution >= 4 is 26.7 Å². The van der Waals surface area contributed by atoms with E-state index in [0.29, 0.717) is 24.3 Å². The van der Waals surface area contributed by atoms with E-state index in [1.165, 1.54) is 6.26 Å². The Morgan fingerprint density at radius 3 is 2.41 bits per heavy atom. The van der Waals surface area contributed by atoms with E-state index >= 15 is 0 Å². The lowest BCUT2D eigenvalue weighted by atomic mass is 10.2. The topological polar surface area (TPSA) is 90.9 Å². The molecule has 0 radical (unpaired) electrons. The van der Waals surface area contributed by atoms with Gasteiger partial charge in [0.15, 0.2) is 5.82 Å². The first-order valence-corrected chi connectivity index (χ1v) is 9.48. The van der Waals surface area contributed by atoms with Gasteiger partial charge in [-0.15, -0.1) is 0 Å². The van der Waals surface area contributed by atoms with E-state index in [4.69, 9.17) is 5.73 Å². The Bertz CT molecular complexity index is 807. The summed E-state index contributed by atoms with van der Waals surface area (Å²) >= 11 is 0. The summed E-state index contributed by atoms with van der Waals surface area (Å²) in [5.74, 6) is 1.75. The van der Waals surface area contributed by atoms with Crippen LogP contribution in [0.3, 0.4) is 0 Å². The van der Waals surface area contributed by atoms with Crippen molar-refractivity contribution in [3.63, 3.8) is 0 Å². The molecule has 2 aromatic rings. The summed E-state index contributed by atoms with van der Waals surface area (Å²) in [7, 11) is -2.96. The normalized spacial score (nSPS) is 12.5. The fourth-order valence-electron chi connectivity index (χ4n) is 2.67. The van der Waals surface area contributed by atoms with Crippen molar-refractivity contribution in [1.29, 1.82) is 0 Å². The number of pyridine rings is 1. The van der Waals surface area contributed by atoms with Crippen LogP contribution in [0, 0.1) is 13.8 Å². The van der Waals surface area contributed by atoms with Crippen LogP contribution in [0.4, 0.5) is 5.82 Å². The third kappa shape index (κ3) is 3.24. The second-order valence-corrected chi connectivity index (χ2v) is 8.42. The molecule has 0 saturated heterocycles. The third-order valence-electron chi connectivity index (χ3n) is 3.84. The van der Waals surface area contributed by atoms with E-state index in [2.05, 4.69) is 28.4 Å². The second-order valence-electron chi connectivity index (χ2n) is 6.16. The number of nitrogen functional groups attached to an aromatic ring is 1. The number of aryl methyl sites for hydroxylation is 3. The van der Waals surface area contributed by atoms with Crippen LogP contribution in [-0.4, -0.2) is 35.0 Å². The van der Waals surface area contributed by atoms with Gasteiger partial charge in [0, 0.05) is 24.4 Å². The van der Waals surface area contributed by atoms with Gasteiger partial charge in [0.2, 0.25) is 0 Å². The number of sulfone groups is 1. The highest BCUT2D eigenvalue weighted by Crippen LogP contribution is 2.29. The molecule has 2 aromatic heterocycles. The summed E-state index contributed by atoms with van der Waals surface area (Å²) in [6.45, 7) is 8.68. The zero-order valence-corrected chi connectivity index (χ0v) is 14.7. The van der Waals surface area contributed by atoms with Crippen molar-refractivity contribution in [3.8, 4) is 0 Å². The average Bonchev–Trinajstić information content (AvgIpc) is 2.75. The fourth-order valence-corrected chi connectivity index (χ4v) is 3.32. The summed E-state index contributed by atoms with van der Waals surface area (Å²) in [4.78, 5) is 9.00. The largest absolute Gasteiger partial charge is 0.382 e. The summed E-state index contributed by atoms with van der Waals surface area (Å²) < 4.78 is 24.8. The van der Waals surface area contributed by atoms with Gasteiger partial charge in [-0.3, -0.25) is 0 Å². The zero-order chi connectivity index (χ0) is 16.7. The molecule has 2 heterocycles. The number of hydrogen-bond donors (Lipinski definition) is 1. The van der Waals surface area contributed by atoms with E-state index in [-0.39, 0.29) is 11.7 Å². The highest BCUT2D eigenvalue weighted by atomic mass is 32.2. The maximum absolute atomic E-state index is 11.4. The van der Waals surface area contributed by atoms with Crippen LogP contribution >= 0.6 is 0 Å². The molecule has 0 fully saturated rings. The number of nitrogens with two attached hydrogens (primary N) is 1. The monoisotopic (exact) mass is 324 g/mol. The number of fused-ring (bicyclic) bond motifs is 1. The number of hydrogen-bond acceptors (Lipinski definition) is 5. The molecule has 0 spiro atoms. The molecule has 2 N–H and O–H groups in total. The zero-order valence-electron chi connectivity index (χ0n) is 13.8. The van der Waals surface area contributed by atoms with Crippen molar-refractivity contribution in [1.82, 2.24) is 14.5 Å². The summed E-state index contributed by atoms with van der Waals surface area (Å²) in [6, 6.07) is 0. The maximum atomic E-state index is 11.4. The lowest BCUT2D eigenvalue weighted by Gasteiger charge is -2.13. The number of imidazole rings is 1. The molecule has 0 atom stereocenters. The number of aromatic nitrogens is 3. The third-order valence-corrected chi connectivity index (χ3v) is 4.87. The van der Waals surface area contributed by atoms with Crippen LogP contribution in [-0.2, 0) is 16.4 Å². The molecule has 122 valence electrons. The van der Waals surface area contributed by atoms with Gasteiger partial charge in [0.1, 0.15) is 21.2 Å². The summed E-state index contributed by atoms with van der Waals surface area (Å²) in [5, 5.41) is 0. The minimum absolute atomic E-state index is 0.169. The Kier molecular flexibility index (Phi) is 4.47. The van der Waals surface area contributed by atoms with E-state index in [1.54, 1.807) is 0 Å². The van der Waals surface area contributed by atoms with Crippen molar-refractivity contribution in [2.24, 2.45) is 0 Å². The van der Waals surface area contributed by atoms with Crippen molar-refractivity contribution in [3.05, 3.63) is 17.1 Å². The Morgan fingerprint density at radius 2 is 1.86 bits per heavy atom. The van der Waals surface area contributed by atoms with Gasteiger partial charge in [-0.2, -0.15) is 0 Å². The van der Waals surface area contributed by atoms with Crippen LogP contribution in [0.5, 0.6) is 0 Å². The van der Waals surface area contributed by atoms with Gasteiger partial charge in [-0.1, -0.05) is 13.8 Å². The first kappa shape index (κ1) is 16.7. The van der Waals surface area contributed by atoms with Gasteiger partial charge >= 0.3 is 0 Å². The Hall–Kier alpha value is -1.63. The van der Waals surface area contributed by atoms with Crippen LogP contribution in [0.2, 0.25) is 0 Å². The number of nitrogens with zero attached hydrogens (tertiary/aromatic N) is 3. The van der Waals surface area contributed by atoms with Gasteiger partial charge in [-0.05, 0) is 25.8 Å². The molecule has 0 unspecified atom stereocenters. The molecule has 0 aliphatic heterocycles. The minimum Gasteiger partial charge on any atom is -0.382 e. The lowest BCUT2D eigenvalue weighted by Crippen LogP contribution is -2.11. The van der Waals surface area contributed by atoms with Crippen LogP contribution < -0.4 is 5.73 Å². The van der Waals surface area contributed by atoms with Crippen molar-refractivity contribution in [2.75, 3.05) is 17.7 Å². The fraction of sp³-hybridized carbons (Fsp3) is 0.600. The SMILES string of the molecule is Cc1nc(N)c2nc(C(C)C)n(CCCS(C)(=O)=O)c2c1C. The molecule has 0 saturated carbocycles. The van der Waals surface area contributed by atoms with Gasteiger partial charge in [-0.25, -0.2) is 18.4 Å². The van der Waals surface area contributed by atoms with E-state index in [9.17, 15) is 8.42 Å². The van der Waals surface area contributed by atoms with Gasteiger partial charge < -0.3 is 10.3 Å². The lowest BCUT2D eigenvalue weighted by molar-refractivity contribution is 0.585. The molecular formula is C15H24N4O2S. The molecule has 22 heavy (non-hydrogen) atoms.